The average molecular weight is 332 g/mol. The molecular weight excluding hydrogens is 320 g/mol. The van der Waals surface area contributed by atoms with Gasteiger partial charge in [0.15, 0.2) is 0 Å². The fourth-order valence-electron chi connectivity index (χ4n) is 2.28. The summed E-state index contributed by atoms with van der Waals surface area (Å²) in [6, 6.07) is 10.6. The fraction of sp³-hybridized carbons (Fsp3) is 0. The van der Waals surface area contributed by atoms with Crippen LogP contribution >= 0.6 is 0 Å². The molecule has 9 heteroatoms. The molecule has 0 spiro atoms. The SMILES string of the molecule is O=C(Nc1ccc(-n2ccnc2)nc1)c1cccc(-n2cnnn2)c1. The second-order valence-corrected chi connectivity index (χ2v) is 5.13. The van der Waals surface area contributed by atoms with Crippen LogP contribution in [-0.2, 0) is 0 Å². The Kier molecular flexibility index (Phi) is 3.71. The summed E-state index contributed by atoms with van der Waals surface area (Å²) >= 11 is 0. The number of anilines is 1. The normalized spacial score (nSPS) is 10.6. The van der Waals surface area contributed by atoms with Crippen molar-refractivity contribution in [1.29, 1.82) is 0 Å². The molecule has 0 fully saturated rings. The van der Waals surface area contributed by atoms with Crippen LogP contribution in [0.2, 0.25) is 0 Å². The predicted octanol–water partition coefficient (Wildman–Crippen LogP) is 1.50. The molecule has 0 radical (unpaired) electrons. The highest BCUT2D eigenvalue weighted by Gasteiger charge is 2.09. The highest BCUT2D eigenvalue weighted by molar-refractivity contribution is 6.04. The number of nitrogens with zero attached hydrogens (tertiary/aromatic N) is 7. The van der Waals surface area contributed by atoms with Crippen LogP contribution in [0, 0.1) is 0 Å². The van der Waals surface area contributed by atoms with Crippen LogP contribution in [-0.4, -0.2) is 40.6 Å². The van der Waals surface area contributed by atoms with Crippen molar-refractivity contribution in [2.75, 3.05) is 5.32 Å². The Balaban J connectivity index is 1.51. The van der Waals surface area contributed by atoms with Gasteiger partial charge in [0, 0.05) is 18.0 Å². The average Bonchev–Trinajstić information content (AvgIpc) is 3.36. The third kappa shape index (κ3) is 3.11. The molecule has 4 aromatic rings. The lowest BCUT2D eigenvalue weighted by Crippen LogP contribution is -2.12. The summed E-state index contributed by atoms with van der Waals surface area (Å²) in [7, 11) is 0. The topological polar surface area (TPSA) is 103 Å². The molecule has 0 aliphatic rings. The molecule has 0 unspecified atom stereocenters. The number of carbonyl (C=O) groups excluding carboxylic acids is 1. The number of benzene rings is 1. The van der Waals surface area contributed by atoms with Crippen LogP contribution in [0.15, 0.2) is 67.6 Å². The molecule has 0 saturated heterocycles. The molecule has 25 heavy (non-hydrogen) atoms. The number of tetrazole rings is 1. The molecule has 9 nitrogen and oxygen atoms in total. The van der Waals surface area contributed by atoms with Crippen molar-refractivity contribution in [3.63, 3.8) is 0 Å². The highest BCUT2D eigenvalue weighted by Crippen LogP contribution is 2.13. The van der Waals surface area contributed by atoms with Crippen LogP contribution in [0.4, 0.5) is 5.69 Å². The number of nitrogens with one attached hydrogen (secondary N) is 1. The van der Waals surface area contributed by atoms with Gasteiger partial charge < -0.3 is 5.32 Å². The predicted molar refractivity (Wildman–Crippen MR) is 88.5 cm³/mol. The van der Waals surface area contributed by atoms with E-state index in [2.05, 4.69) is 30.8 Å². The first-order valence-electron chi connectivity index (χ1n) is 7.39. The van der Waals surface area contributed by atoms with E-state index in [0.717, 1.165) is 5.82 Å². The van der Waals surface area contributed by atoms with Gasteiger partial charge in [0.1, 0.15) is 18.5 Å². The van der Waals surface area contributed by atoms with Crippen molar-refractivity contribution < 1.29 is 4.79 Å². The maximum Gasteiger partial charge on any atom is 0.255 e. The first-order valence-corrected chi connectivity index (χ1v) is 7.39. The summed E-state index contributed by atoms with van der Waals surface area (Å²) in [4.78, 5) is 20.7. The third-order valence-electron chi connectivity index (χ3n) is 3.50. The van der Waals surface area contributed by atoms with Gasteiger partial charge in [-0.05, 0) is 40.8 Å². The van der Waals surface area contributed by atoms with Crippen molar-refractivity contribution in [2.24, 2.45) is 0 Å². The number of rotatable bonds is 4. The second-order valence-electron chi connectivity index (χ2n) is 5.13. The van der Waals surface area contributed by atoms with Gasteiger partial charge in [-0.1, -0.05) is 6.07 Å². The van der Waals surface area contributed by atoms with E-state index in [-0.39, 0.29) is 5.91 Å². The molecular formula is C16H12N8O. The molecule has 1 aromatic carbocycles. The van der Waals surface area contributed by atoms with E-state index in [9.17, 15) is 4.79 Å². The van der Waals surface area contributed by atoms with Gasteiger partial charge in [-0.2, -0.15) is 0 Å². The van der Waals surface area contributed by atoms with E-state index in [1.54, 1.807) is 59.8 Å². The summed E-state index contributed by atoms with van der Waals surface area (Å²) in [5, 5.41) is 13.8. The number of carbonyl (C=O) groups is 1. The van der Waals surface area contributed by atoms with Crippen LogP contribution in [0.3, 0.4) is 0 Å². The minimum absolute atomic E-state index is 0.243. The van der Waals surface area contributed by atoms with Gasteiger partial charge in [0.2, 0.25) is 0 Å². The van der Waals surface area contributed by atoms with Crippen molar-refractivity contribution in [3.8, 4) is 11.5 Å². The monoisotopic (exact) mass is 332 g/mol. The largest absolute Gasteiger partial charge is 0.321 e. The summed E-state index contributed by atoms with van der Waals surface area (Å²) in [6.07, 6.45) is 8.19. The van der Waals surface area contributed by atoms with Gasteiger partial charge >= 0.3 is 0 Å². The maximum absolute atomic E-state index is 12.4. The van der Waals surface area contributed by atoms with Crippen LogP contribution < -0.4 is 5.32 Å². The summed E-state index contributed by atoms with van der Waals surface area (Å²) in [5.74, 6) is 0.475. The first-order chi connectivity index (χ1) is 12.3. The molecule has 0 aliphatic heterocycles. The number of imidazole rings is 1. The lowest BCUT2D eigenvalue weighted by atomic mass is 10.2. The smallest absolute Gasteiger partial charge is 0.255 e. The van der Waals surface area contributed by atoms with E-state index >= 15 is 0 Å². The Bertz CT molecular complexity index is 977. The lowest BCUT2D eigenvalue weighted by Gasteiger charge is -2.07. The minimum atomic E-state index is -0.243. The number of hydrogen-bond donors (Lipinski definition) is 1. The van der Waals surface area contributed by atoms with Crippen LogP contribution in [0.1, 0.15) is 10.4 Å². The van der Waals surface area contributed by atoms with E-state index in [1.807, 2.05) is 6.07 Å². The number of aromatic nitrogens is 7. The third-order valence-corrected chi connectivity index (χ3v) is 3.50. The summed E-state index contributed by atoms with van der Waals surface area (Å²) in [5.41, 5.74) is 1.79. The van der Waals surface area contributed by atoms with Crippen molar-refractivity contribution in [3.05, 3.63) is 73.2 Å². The van der Waals surface area contributed by atoms with E-state index in [4.69, 9.17) is 0 Å². The van der Waals surface area contributed by atoms with Crippen molar-refractivity contribution in [1.82, 2.24) is 34.7 Å². The van der Waals surface area contributed by atoms with Gasteiger partial charge in [0.05, 0.1) is 17.6 Å². The van der Waals surface area contributed by atoms with Crippen LogP contribution in [0.5, 0.6) is 0 Å². The zero-order chi connectivity index (χ0) is 17.1. The summed E-state index contributed by atoms with van der Waals surface area (Å²) in [6.45, 7) is 0. The molecule has 122 valence electrons. The standard InChI is InChI=1S/C16H12N8O/c25-16(12-2-1-3-14(8-12)24-11-19-21-22-24)20-13-4-5-15(18-9-13)23-7-6-17-10-23/h1-11H,(H,20,25). The Morgan fingerprint density at radius 3 is 2.80 bits per heavy atom. The van der Waals surface area contributed by atoms with Gasteiger partial charge in [-0.15, -0.1) is 5.10 Å². The van der Waals surface area contributed by atoms with E-state index in [1.165, 1.54) is 11.0 Å². The summed E-state index contributed by atoms with van der Waals surface area (Å²) < 4.78 is 3.26. The Labute approximate surface area is 142 Å². The highest BCUT2D eigenvalue weighted by atomic mass is 16.1. The zero-order valence-electron chi connectivity index (χ0n) is 12.9. The first kappa shape index (κ1) is 14.7. The molecule has 1 N–H and O–H groups in total. The fourth-order valence-corrected chi connectivity index (χ4v) is 2.28. The van der Waals surface area contributed by atoms with Crippen LogP contribution in [0.25, 0.3) is 11.5 Å². The second kappa shape index (κ2) is 6.32. The van der Waals surface area contributed by atoms with Gasteiger partial charge in [0.25, 0.3) is 5.91 Å². The maximum atomic E-state index is 12.4. The Morgan fingerprint density at radius 1 is 1.12 bits per heavy atom. The number of pyridine rings is 1. The lowest BCUT2D eigenvalue weighted by molar-refractivity contribution is 0.102. The number of hydrogen-bond acceptors (Lipinski definition) is 6. The molecule has 3 aromatic heterocycles. The number of amides is 1. The molecule has 0 bridgehead atoms. The van der Waals surface area contributed by atoms with Crippen molar-refractivity contribution in [2.45, 2.75) is 0 Å². The molecule has 0 aliphatic carbocycles. The van der Waals surface area contributed by atoms with Crippen molar-refractivity contribution >= 4 is 11.6 Å². The molecule has 3 heterocycles. The Hall–Kier alpha value is -3.88. The van der Waals surface area contributed by atoms with Gasteiger partial charge in [-0.3, -0.25) is 9.36 Å². The molecule has 1 amide bonds. The molecule has 0 saturated carbocycles. The minimum Gasteiger partial charge on any atom is -0.321 e. The molecule has 0 atom stereocenters. The molecule has 4 rings (SSSR count). The Morgan fingerprint density at radius 2 is 2.08 bits per heavy atom. The quantitative estimate of drug-likeness (QED) is 0.607. The zero-order valence-corrected chi connectivity index (χ0v) is 12.9. The van der Waals surface area contributed by atoms with E-state index in [0.29, 0.717) is 16.9 Å². The van der Waals surface area contributed by atoms with E-state index < -0.39 is 0 Å². The van der Waals surface area contributed by atoms with Gasteiger partial charge in [-0.25, -0.2) is 14.6 Å².